The minimum atomic E-state index is -0.554. The monoisotopic (exact) mass is 233 g/mol. The highest BCUT2D eigenvalue weighted by Crippen LogP contribution is 2.30. The first kappa shape index (κ1) is 11.6. The van der Waals surface area contributed by atoms with Crippen LogP contribution in [0, 0.1) is 0 Å². The Morgan fingerprint density at radius 3 is 2.88 bits per heavy atom. The number of hydrogen-bond donors (Lipinski definition) is 1. The number of nitrogens with one attached hydrogen (secondary N) is 1. The molecule has 0 bridgehead atoms. The molecule has 90 valence electrons. The van der Waals surface area contributed by atoms with Crippen LogP contribution in [0.4, 0.5) is 0 Å². The summed E-state index contributed by atoms with van der Waals surface area (Å²) in [5.41, 5.74) is 1.65. The van der Waals surface area contributed by atoms with Crippen LogP contribution < -0.4 is 10.1 Å². The predicted octanol–water partition coefficient (Wildman–Crippen LogP) is 1.33. The van der Waals surface area contributed by atoms with E-state index in [9.17, 15) is 9.59 Å². The van der Waals surface area contributed by atoms with Crippen LogP contribution in [0.3, 0.4) is 0 Å². The van der Waals surface area contributed by atoms with Gasteiger partial charge in [0.15, 0.2) is 11.9 Å². The number of ether oxygens (including phenoxy) is 1. The Morgan fingerprint density at radius 1 is 1.41 bits per heavy atom. The highest BCUT2D eigenvalue weighted by atomic mass is 16.5. The topological polar surface area (TPSA) is 55.4 Å². The summed E-state index contributed by atoms with van der Waals surface area (Å²) in [6.07, 6.45) is 0.678. The smallest absolute Gasteiger partial charge is 0.260 e. The molecule has 0 saturated carbocycles. The normalized spacial score (nSPS) is 15.3. The Kier molecular flexibility index (Phi) is 3.13. The van der Waals surface area contributed by atoms with Gasteiger partial charge in [-0.2, -0.15) is 0 Å². The van der Waals surface area contributed by atoms with Gasteiger partial charge in [0, 0.05) is 24.6 Å². The summed E-state index contributed by atoms with van der Waals surface area (Å²) in [6, 6.07) is 5.40. The van der Waals surface area contributed by atoms with Crippen LogP contribution in [0.5, 0.6) is 5.75 Å². The van der Waals surface area contributed by atoms with Crippen molar-refractivity contribution in [3.05, 3.63) is 29.3 Å². The molecule has 0 spiro atoms. The van der Waals surface area contributed by atoms with Gasteiger partial charge in [-0.25, -0.2) is 0 Å². The molecule has 1 aromatic carbocycles. The van der Waals surface area contributed by atoms with Gasteiger partial charge in [0.25, 0.3) is 5.91 Å². The average Bonchev–Trinajstić information content (AvgIpc) is 2.71. The van der Waals surface area contributed by atoms with Crippen LogP contribution in [-0.2, 0) is 11.2 Å². The third-order valence-corrected chi connectivity index (χ3v) is 2.95. The minimum Gasteiger partial charge on any atom is -0.481 e. The van der Waals surface area contributed by atoms with Gasteiger partial charge in [-0.05, 0) is 19.4 Å². The summed E-state index contributed by atoms with van der Waals surface area (Å²) < 4.78 is 5.59. The Bertz CT molecular complexity index is 468. The van der Waals surface area contributed by atoms with Crippen molar-refractivity contribution in [3.8, 4) is 5.75 Å². The Balaban J connectivity index is 2.23. The maximum atomic E-state index is 11.6. The molecule has 1 aromatic rings. The van der Waals surface area contributed by atoms with Gasteiger partial charge in [0.2, 0.25) is 0 Å². The molecule has 1 N–H and O–H groups in total. The van der Waals surface area contributed by atoms with Crippen LogP contribution >= 0.6 is 0 Å². The van der Waals surface area contributed by atoms with Crippen molar-refractivity contribution >= 4 is 11.7 Å². The van der Waals surface area contributed by atoms with Gasteiger partial charge in [0.05, 0.1) is 0 Å². The summed E-state index contributed by atoms with van der Waals surface area (Å²) in [6.45, 7) is 1.69. The van der Waals surface area contributed by atoms with Crippen LogP contribution in [0.2, 0.25) is 0 Å². The van der Waals surface area contributed by atoms with E-state index in [4.69, 9.17) is 4.74 Å². The lowest BCUT2D eigenvalue weighted by Crippen LogP contribution is -2.33. The second-order valence-electron chi connectivity index (χ2n) is 4.08. The molecule has 4 heteroatoms. The summed E-state index contributed by atoms with van der Waals surface area (Å²) >= 11 is 0. The van der Waals surface area contributed by atoms with E-state index in [0.29, 0.717) is 18.6 Å². The molecule has 0 aromatic heterocycles. The Morgan fingerprint density at radius 2 is 2.18 bits per heavy atom. The van der Waals surface area contributed by atoms with Gasteiger partial charge in [-0.1, -0.05) is 12.1 Å². The van der Waals surface area contributed by atoms with Crippen LogP contribution in [-0.4, -0.2) is 24.8 Å². The highest BCUT2D eigenvalue weighted by Gasteiger charge is 2.24. The number of amides is 1. The summed E-state index contributed by atoms with van der Waals surface area (Å²) in [4.78, 5) is 22.9. The van der Waals surface area contributed by atoms with E-state index >= 15 is 0 Å². The van der Waals surface area contributed by atoms with Crippen molar-refractivity contribution in [1.29, 1.82) is 0 Å². The van der Waals surface area contributed by atoms with Crippen molar-refractivity contribution in [3.63, 3.8) is 0 Å². The molecule has 2 rings (SSSR count). The number of benzene rings is 1. The molecule has 0 radical (unpaired) electrons. The molecule has 0 aliphatic heterocycles. The van der Waals surface area contributed by atoms with Gasteiger partial charge in [-0.15, -0.1) is 0 Å². The number of ketones is 1. The molecular formula is C13H15NO3. The predicted molar refractivity (Wildman–Crippen MR) is 63.3 cm³/mol. The molecule has 0 fully saturated rings. The van der Waals surface area contributed by atoms with Crippen molar-refractivity contribution in [1.82, 2.24) is 5.32 Å². The zero-order chi connectivity index (χ0) is 12.4. The first-order chi connectivity index (χ1) is 8.13. The van der Waals surface area contributed by atoms with Crippen molar-refractivity contribution in [2.45, 2.75) is 25.9 Å². The van der Waals surface area contributed by atoms with Crippen LogP contribution in [0.1, 0.15) is 29.3 Å². The quantitative estimate of drug-likeness (QED) is 0.856. The molecular weight excluding hydrogens is 218 g/mol. The molecule has 17 heavy (non-hydrogen) atoms. The van der Waals surface area contributed by atoms with E-state index in [2.05, 4.69) is 5.32 Å². The average molecular weight is 233 g/mol. The van der Waals surface area contributed by atoms with E-state index in [-0.39, 0.29) is 11.7 Å². The first-order valence-corrected chi connectivity index (χ1v) is 5.67. The number of Topliss-reactive ketones (excluding diaryl/α,β-unsaturated/α-hetero) is 1. The lowest BCUT2D eigenvalue weighted by Gasteiger charge is -2.15. The van der Waals surface area contributed by atoms with E-state index < -0.39 is 6.10 Å². The maximum absolute atomic E-state index is 11.6. The fourth-order valence-corrected chi connectivity index (χ4v) is 2.02. The van der Waals surface area contributed by atoms with Crippen molar-refractivity contribution in [2.75, 3.05) is 7.05 Å². The van der Waals surface area contributed by atoms with Gasteiger partial charge < -0.3 is 10.1 Å². The van der Waals surface area contributed by atoms with Gasteiger partial charge >= 0.3 is 0 Å². The first-order valence-electron chi connectivity index (χ1n) is 5.67. The summed E-state index contributed by atoms with van der Waals surface area (Å²) in [5.74, 6) is 0.620. The second kappa shape index (κ2) is 4.57. The van der Waals surface area contributed by atoms with E-state index in [1.807, 2.05) is 6.07 Å². The van der Waals surface area contributed by atoms with E-state index in [1.165, 1.54) is 0 Å². The van der Waals surface area contributed by atoms with E-state index in [0.717, 1.165) is 11.1 Å². The third kappa shape index (κ3) is 2.16. The standard InChI is InChI=1S/C13H15NO3/c1-8(13(16)14-2)17-12-5-3-4-9-10(12)6-7-11(9)15/h3-5,8H,6-7H2,1-2H3,(H,14,16). The number of fused-ring (bicyclic) bond motifs is 1. The molecule has 1 aliphatic rings. The molecule has 1 amide bonds. The van der Waals surface area contributed by atoms with Crippen LogP contribution in [0.25, 0.3) is 0 Å². The number of hydrogen-bond acceptors (Lipinski definition) is 3. The van der Waals surface area contributed by atoms with Crippen LogP contribution in [0.15, 0.2) is 18.2 Å². The Hall–Kier alpha value is -1.84. The maximum Gasteiger partial charge on any atom is 0.260 e. The van der Waals surface area contributed by atoms with E-state index in [1.54, 1.807) is 26.1 Å². The van der Waals surface area contributed by atoms with Gasteiger partial charge in [0.1, 0.15) is 5.75 Å². The number of likely N-dealkylation sites (N-methyl/N-ethyl adjacent to an activating group) is 1. The molecule has 1 unspecified atom stereocenters. The largest absolute Gasteiger partial charge is 0.481 e. The summed E-state index contributed by atoms with van der Waals surface area (Å²) in [7, 11) is 1.57. The fraction of sp³-hybridized carbons (Fsp3) is 0.385. The lowest BCUT2D eigenvalue weighted by atomic mass is 10.1. The molecule has 1 aliphatic carbocycles. The van der Waals surface area contributed by atoms with Crippen molar-refractivity contribution < 1.29 is 14.3 Å². The SMILES string of the molecule is CNC(=O)C(C)Oc1cccc2c1CCC2=O. The second-order valence-corrected chi connectivity index (χ2v) is 4.08. The lowest BCUT2D eigenvalue weighted by molar-refractivity contribution is -0.126. The fourth-order valence-electron chi connectivity index (χ4n) is 2.02. The third-order valence-electron chi connectivity index (χ3n) is 2.95. The molecule has 1 atom stereocenters. The number of rotatable bonds is 3. The highest BCUT2D eigenvalue weighted by molar-refractivity contribution is 6.01. The van der Waals surface area contributed by atoms with Crippen molar-refractivity contribution in [2.24, 2.45) is 0 Å². The summed E-state index contributed by atoms with van der Waals surface area (Å²) in [5, 5.41) is 2.53. The van der Waals surface area contributed by atoms with Gasteiger partial charge in [-0.3, -0.25) is 9.59 Å². The number of carbonyl (C=O) groups is 2. The molecule has 4 nitrogen and oxygen atoms in total. The zero-order valence-corrected chi connectivity index (χ0v) is 9.95. The molecule has 0 saturated heterocycles. The zero-order valence-electron chi connectivity index (χ0n) is 9.95. The minimum absolute atomic E-state index is 0.151. The number of carbonyl (C=O) groups excluding carboxylic acids is 2. The molecule has 0 heterocycles. The Labute approximate surface area is 100.0 Å².